The van der Waals surface area contributed by atoms with Gasteiger partial charge in [0, 0.05) is 17.7 Å². The van der Waals surface area contributed by atoms with Crippen LogP contribution in [0.1, 0.15) is 49.1 Å². The Balaban J connectivity index is 1.82. The third kappa shape index (κ3) is 2.56. The quantitative estimate of drug-likeness (QED) is 0.907. The van der Waals surface area contributed by atoms with Crippen LogP contribution < -0.4 is 5.73 Å². The Morgan fingerprint density at radius 3 is 2.53 bits per heavy atom. The number of benzene rings is 1. The van der Waals surface area contributed by atoms with Gasteiger partial charge in [-0.25, -0.2) is 0 Å². The Kier molecular flexibility index (Phi) is 3.65. The molecule has 0 unspecified atom stereocenters. The molecule has 1 saturated carbocycles. The van der Waals surface area contributed by atoms with E-state index in [4.69, 9.17) is 10.3 Å². The van der Waals surface area contributed by atoms with Gasteiger partial charge in [0.1, 0.15) is 0 Å². The summed E-state index contributed by atoms with van der Waals surface area (Å²) >= 11 is 0. The summed E-state index contributed by atoms with van der Waals surface area (Å²) in [7, 11) is 0. The fraction of sp³-hybridized carbons (Fsp3) is 0.438. The number of nitrogens with two attached hydrogens (primary N) is 1. The Hall–Kier alpha value is -1.61. The van der Waals surface area contributed by atoms with Gasteiger partial charge in [-0.05, 0) is 24.3 Å². The summed E-state index contributed by atoms with van der Waals surface area (Å²) in [6.07, 6.45) is 8.49. The molecule has 2 aromatic rings. The third-order valence-electron chi connectivity index (χ3n) is 4.11. The van der Waals surface area contributed by atoms with E-state index < -0.39 is 0 Å². The molecular weight excluding hydrogens is 236 g/mol. The number of nitrogens with zero attached hydrogens (tertiary/aromatic N) is 1. The highest BCUT2D eigenvalue weighted by Gasteiger charge is 2.16. The highest BCUT2D eigenvalue weighted by Crippen LogP contribution is 2.33. The first-order chi connectivity index (χ1) is 9.38. The second-order valence-corrected chi connectivity index (χ2v) is 5.34. The minimum Gasteiger partial charge on any atom is -0.356 e. The lowest BCUT2D eigenvalue weighted by molar-refractivity contribution is 0.431. The van der Waals surface area contributed by atoms with Crippen molar-refractivity contribution in [1.29, 1.82) is 0 Å². The van der Waals surface area contributed by atoms with Crippen LogP contribution in [0.25, 0.3) is 11.3 Å². The van der Waals surface area contributed by atoms with Crippen molar-refractivity contribution in [1.82, 2.24) is 5.16 Å². The van der Waals surface area contributed by atoms with Crippen molar-refractivity contribution >= 4 is 0 Å². The normalized spacial score (nSPS) is 16.7. The van der Waals surface area contributed by atoms with Crippen molar-refractivity contribution in [3.8, 4) is 11.3 Å². The average Bonchev–Trinajstić information content (AvgIpc) is 2.97. The molecule has 0 amide bonds. The van der Waals surface area contributed by atoms with E-state index in [9.17, 15) is 0 Å². The van der Waals surface area contributed by atoms with Crippen molar-refractivity contribution in [2.45, 2.75) is 44.6 Å². The fourth-order valence-electron chi connectivity index (χ4n) is 2.99. The van der Waals surface area contributed by atoms with Gasteiger partial charge in [-0.1, -0.05) is 48.7 Å². The maximum absolute atomic E-state index is 5.68. The summed E-state index contributed by atoms with van der Waals surface area (Å²) in [6.45, 7) is 0.462. The summed E-state index contributed by atoms with van der Waals surface area (Å²) in [5, 5.41) is 3.83. The molecule has 1 aromatic heterocycles. The lowest BCUT2D eigenvalue weighted by atomic mass is 9.84. The molecule has 1 aliphatic carbocycles. The first-order valence-corrected chi connectivity index (χ1v) is 7.12. The zero-order valence-electron chi connectivity index (χ0n) is 11.1. The molecule has 1 heterocycles. The maximum atomic E-state index is 5.68. The molecule has 0 aliphatic heterocycles. The van der Waals surface area contributed by atoms with Crippen LogP contribution in [0.2, 0.25) is 0 Å². The molecule has 0 saturated heterocycles. The van der Waals surface area contributed by atoms with Crippen LogP contribution in [0.3, 0.4) is 0 Å². The van der Waals surface area contributed by atoms with E-state index in [1.54, 1.807) is 6.20 Å². The molecule has 1 fully saturated rings. The SMILES string of the molecule is NCc1cnoc1-c1ccc(C2CCCCC2)cc1. The zero-order valence-corrected chi connectivity index (χ0v) is 11.1. The molecule has 0 radical (unpaired) electrons. The van der Waals surface area contributed by atoms with E-state index in [-0.39, 0.29) is 0 Å². The molecule has 3 rings (SSSR count). The minimum absolute atomic E-state index is 0.462. The van der Waals surface area contributed by atoms with Crippen LogP contribution >= 0.6 is 0 Å². The summed E-state index contributed by atoms with van der Waals surface area (Å²) in [5.41, 5.74) is 9.17. The molecule has 0 spiro atoms. The molecule has 3 heteroatoms. The highest BCUT2D eigenvalue weighted by atomic mass is 16.5. The van der Waals surface area contributed by atoms with E-state index in [0.717, 1.165) is 22.8 Å². The maximum Gasteiger partial charge on any atom is 0.171 e. The number of aromatic nitrogens is 1. The third-order valence-corrected chi connectivity index (χ3v) is 4.11. The predicted octanol–water partition coefficient (Wildman–Crippen LogP) is 3.85. The average molecular weight is 256 g/mol. The molecule has 2 N–H and O–H groups in total. The highest BCUT2D eigenvalue weighted by molar-refractivity contribution is 5.61. The van der Waals surface area contributed by atoms with Gasteiger partial charge in [0.15, 0.2) is 5.76 Å². The monoisotopic (exact) mass is 256 g/mol. The Labute approximate surface area is 113 Å². The van der Waals surface area contributed by atoms with Crippen molar-refractivity contribution in [2.75, 3.05) is 0 Å². The number of rotatable bonds is 3. The van der Waals surface area contributed by atoms with E-state index in [0.29, 0.717) is 6.54 Å². The van der Waals surface area contributed by atoms with Crippen LogP contribution in [0.15, 0.2) is 35.0 Å². The molecular formula is C16H20N2O. The molecule has 3 nitrogen and oxygen atoms in total. The standard InChI is InChI=1S/C16H20N2O/c17-10-15-11-18-19-16(15)14-8-6-13(7-9-14)12-4-2-1-3-5-12/h6-9,11-12H,1-5,10,17H2. The second kappa shape index (κ2) is 5.57. The molecule has 0 bridgehead atoms. The van der Waals surface area contributed by atoms with Crippen molar-refractivity contribution < 1.29 is 4.52 Å². The van der Waals surface area contributed by atoms with E-state index in [1.807, 2.05) is 0 Å². The van der Waals surface area contributed by atoms with Crippen molar-refractivity contribution in [3.63, 3.8) is 0 Å². The van der Waals surface area contributed by atoms with Crippen LogP contribution in [-0.2, 0) is 6.54 Å². The van der Waals surface area contributed by atoms with Crippen molar-refractivity contribution in [2.24, 2.45) is 5.73 Å². The van der Waals surface area contributed by atoms with Gasteiger partial charge >= 0.3 is 0 Å². The van der Waals surface area contributed by atoms with Crippen LogP contribution in [0.4, 0.5) is 0 Å². The summed E-state index contributed by atoms with van der Waals surface area (Å²) in [4.78, 5) is 0. The summed E-state index contributed by atoms with van der Waals surface area (Å²) in [5.74, 6) is 1.55. The molecule has 0 atom stereocenters. The van der Waals surface area contributed by atoms with Crippen LogP contribution in [0.5, 0.6) is 0 Å². The smallest absolute Gasteiger partial charge is 0.171 e. The first-order valence-electron chi connectivity index (χ1n) is 7.12. The van der Waals surface area contributed by atoms with Crippen LogP contribution in [-0.4, -0.2) is 5.16 Å². The lowest BCUT2D eigenvalue weighted by Gasteiger charge is -2.22. The largest absolute Gasteiger partial charge is 0.356 e. The van der Waals surface area contributed by atoms with E-state index >= 15 is 0 Å². The van der Waals surface area contributed by atoms with Gasteiger partial charge in [0.2, 0.25) is 0 Å². The van der Waals surface area contributed by atoms with Gasteiger partial charge < -0.3 is 10.3 Å². The Bertz CT molecular complexity index is 524. The van der Waals surface area contributed by atoms with Crippen LogP contribution in [0, 0.1) is 0 Å². The number of hydrogen-bond acceptors (Lipinski definition) is 3. The summed E-state index contributed by atoms with van der Waals surface area (Å²) < 4.78 is 5.30. The zero-order chi connectivity index (χ0) is 13.1. The van der Waals surface area contributed by atoms with Gasteiger partial charge in [-0.3, -0.25) is 0 Å². The lowest BCUT2D eigenvalue weighted by Crippen LogP contribution is -2.04. The topological polar surface area (TPSA) is 52.0 Å². The van der Waals surface area contributed by atoms with E-state index in [2.05, 4.69) is 29.4 Å². The molecule has 100 valence electrons. The summed E-state index contributed by atoms with van der Waals surface area (Å²) in [6, 6.07) is 8.72. The predicted molar refractivity (Wildman–Crippen MR) is 75.7 cm³/mol. The Morgan fingerprint density at radius 2 is 1.84 bits per heavy atom. The van der Waals surface area contributed by atoms with Gasteiger partial charge in [0.25, 0.3) is 0 Å². The molecule has 1 aromatic carbocycles. The van der Waals surface area contributed by atoms with Gasteiger partial charge in [0.05, 0.1) is 6.20 Å². The first kappa shape index (κ1) is 12.4. The van der Waals surface area contributed by atoms with Gasteiger partial charge in [-0.15, -0.1) is 0 Å². The number of hydrogen-bond donors (Lipinski definition) is 1. The fourth-order valence-corrected chi connectivity index (χ4v) is 2.99. The van der Waals surface area contributed by atoms with Gasteiger partial charge in [-0.2, -0.15) is 0 Å². The minimum atomic E-state index is 0.462. The Morgan fingerprint density at radius 1 is 1.11 bits per heavy atom. The molecule has 1 aliphatic rings. The second-order valence-electron chi connectivity index (χ2n) is 5.34. The van der Waals surface area contributed by atoms with E-state index in [1.165, 1.54) is 37.7 Å². The molecule has 19 heavy (non-hydrogen) atoms. The van der Waals surface area contributed by atoms with Crippen molar-refractivity contribution in [3.05, 3.63) is 41.6 Å².